The van der Waals surface area contributed by atoms with Gasteiger partial charge in [-0.3, -0.25) is 0 Å². The standard InChI is InChI=1S/C7H17Si2/c1-8-6-4-5-7-9(2)3/h4-7H2,1-3H3. The average Bonchev–Trinajstić information content (AvgIpc) is 1.80. The molecule has 0 saturated carbocycles. The molecule has 9 heavy (non-hydrogen) atoms. The zero-order valence-corrected chi connectivity index (χ0v) is 8.83. The van der Waals surface area contributed by atoms with E-state index in [1.54, 1.807) is 0 Å². The summed E-state index contributed by atoms with van der Waals surface area (Å²) in [4.78, 5) is 0. The normalized spacial score (nSPS) is 10.7. The molecular weight excluding hydrogens is 140 g/mol. The van der Waals surface area contributed by atoms with Crippen molar-refractivity contribution in [1.29, 1.82) is 0 Å². The monoisotopic (exact) mass is 157 g/mol. The van der Waals surface area contributed by atoms with E-state index < -0.39 is 0 Å². The molecule has 0 heterocycles. The van der Waals surface area contributed by atoms with E-state index in [0.717, 1.165) is 0 Å². The zero-order valence-electron chi connectivity index (χ0n) is 6.83. The first-order valence-electron chi connectivity index (χ1n) is 3.71. The molecular formula is C7H17Si2. The van der Waals surface area contributed by atoms with Crippen LogP contribution in [0.1, 0.15) is 12.8 Å². The SMILES string of the molecule is C[Si]CCCC[Si](C)C. The minimum atomic E-state index is 0.0880. The van der Waals surface area contributed by atoms with Crippen molar-refractivity contribution in [2.45, 2.75) is 44.6 Å². The van der Waals surface area contributed by atoms with Crippen molar-refractivity contribution >= 4 is 18.3 Å². The van der Waals surface area contributed by atoms with Crippen LogP contribution in [-0.2, 0) is 0 Å². The topological polar surface area (TPSA) is 0 Å². The van der Waals surface area contributed by atoms with Crippen LogP contribution in [0, 0.1) is 0 Å². The van der Waals surface area contributed by atoms with Crippen LogP contribution in [0.4, 0.5) is 0 Å². The fraction of sp³-hybridized carbons (Fsp3) is 1.00. The van der Waals surface area contributed by atoms with Crippen LogP contribution >= 0.6 is 0 Å². The largest absolute Gasteiger partial charge is 0.0733 e. The van der Waals surface area contributed by atoms with Gasteiger partial charge in [-0.25, -0.2) is 0 Å². The smallest absolute Gasteiger partial charge is 0.0412 e. The Balaban J connectivity index is 2.75. The molecule has 0 aromatic rings. The van der Waals surface area contributed by atoms with Crippen molar-refractivity contribution in [2.24, 2.45) is 0 Å². The molecule has 0 bridgehead atoms. The molecule has 0 N–H and O–H groups in total. The van der Waals surface area contributed by atoms with Gasteiger partial charge in [0, 0.05) is 18.3 Å². The Morgan fingerprint density at radius 1 is 1.22 bits per heavy atom. The van der Waals surface area contributed by atoms with Gasteiger partial charge in [0.05, 0.1) is 0 Å². The average molecular weight is 157 g/mol. The van der Waals surface area contributed by atoms with Gasteiger partial charge in [-0.05, 0) is 0 Å². The van der Waals surface area contributed by atoms with Crippen molar-refractivity contribution in [1.82, 2.24) is 0 Å². The molecule has 0 aliphatic carbocycles. The van der Waals surface area contributed by atoms with E-state index in [2.05, 4.69) is 19.6 Å². The summed E-state index contributed by atoms with van der Waals surface area (Å²) in [6, 6.07) is 2.99. The summed E-state index contributed by atoms with van der Waals surface area (Å²) in [7, 11) is 1.26. The third-order valence-electron chi connectivity index (χ3n) is 1.35. The highest BCUT2D eigenvalue weighted by molar-refractivity contribution is 6.55. The minimum absolute atomic E-state index is 0.0880. The van der Waals surface area contributed by atoms with E-state index >= 15 is 0 Å². The van der Waals surface area contributed by atoms with Gasteiger partial charge in [-0.15, -0.1) is 0 Å². The highest BCUT2D eigenvalue weighted by Gasteiger charge is 1.93. The second kappa shape index (κ2) is 6.55. The molecule has 0 nitrogen and oxygen atoms in total. The first-order chi connectivity index (χ1) is 4.27. The van der Waals surface area contributed by atoms with Crippen LogP contribution < -0.4 is 0 Å². The maximum Gasteiger partial charge on any atom is 0.0412 e. The Bertz CT molecular complexity index is 52.9. The third-order valence-corrected chi connectivity index (χ3v) is 3.56. The molecule has 2 heteroatoms. The van der Waals surface area contributed by atoms with Crippen molar-refractivity contribution in [3.63, 3.8) is 0 Å². The van der Waals surface area contributed by atoms with Gasteiger partial charge < -0.3 is 0 Å². The van der Waals surface area contributed by atoms with Gasteiger partial charge >= 0.3 is 0 Å². The molecule has 0 atom stereocenters. The molecule has 0 amide bonds. The lowest BCUT2D eigenvalue weighted by Gasteiger charge is -1.99. The summed E-state index contributed by atoms with van der Waals surface area (Å²) in [5.74, 6) is 0. The van der Waals surface area contributed by atoms with Crippen LogP contribution in [0.5, 0.6) is 0 Å². The predicted molar refractivity (Wildman–Crippen MR) is 47.9 cm³/mol. The predicted octanol–water partition coefficient (Wildman–Crippen LogP) is 2.69. The van der Waals surface area contributed by atoms with Gasteiger partial charge in [0.15, 0.2) is 0 Å². The first-order valence-corrected chi connectivity index (χ1v) is 8.12. The van der Waals surface area contributed by atoms with Crippen LogP contribution in [0.15, 0.2) is 0 Å². The molecule has 0 rings (SSSR count). The third kappa shape index (κ3) is 8.43. The van der Waals surface area contributed by atoms with Crippen molar-refractivity contribution < 1.29 is 0 Å². The minimum Gasteiger partial charge on any atom is -0.0733 e. The van der Waals surface area contributed by atoms with Gasteiger partial charge in [0.25, 0.3) is 0 Å². The molecule has 0 saturated heterocycles. The summed E-state index contributed by atoms with van der Waals surface area (Å²) in [6.45, 7) is 7.10. The first kappa shape index (κ1) is 9.43. The van der Waals surface area contributed by atoms with Crippen LogP contribution in [0.2, 0.25) is 31.7 Å². The Kier molecular flexibility index (Phi) is 6.87. The zero-order chi connectivity index (χ0) is 7.11. The highest BCUT2D eigenvalue weighted by Crippen LogP contribution is 2.03. The van der Waals surface area contributed by atoms with Gasteiger partial charge in [0.1, 0.15) is 0 Å². The van der Waals surface area contributed by atoms with E-state index in [1.807, 2.05) is 0 Å². The summed E-state index contributed by atoms with van der Waals surface area (Å²) in [6.07, 6.45) is 2.97. The second-order valence-corrected chi connectivity index (χ2v) is 6.89. The molecule has 0 aliphatic heterocycles. The van der Waals surface area contributed by atoms with Crippen molar-refractivity contribution in [2.75, 3.05) is 0 Å². The number of hydrogen-bond donors (Lipinski definition) is 0. The van der Waals surface area contributed by atoms with E-state index in [9.17, 15) is 0 Å². The second-order valence-electron chi connectivity index (χ2n) is 2.77. The maximum absolute atomic E-state index is 2.40. The summed E-state index contributed by atoms with van der Waals surface area (Å²) in [5.41, 5.74) is 0. The van der Waals surface area contributed by atoms with E-state index in [0.29, 0.717) is 0 Å². The van der Waals surface area contributed by atoms with E-state index in [1.165, 1.54) is 34.4 Å². The molecule has 0 spiro atoms. The number of rotatable bonds is 5. The molecule has 0 unspecified atom stereocenters. The van der Waals surface area contributed by atoms with Crippen LogP contribution in [0.3, 0.4) is 0 Å². The van der Waals surface area contributed by atoms with Gasteiger partial charge in [0.2, 0.25) is 0 Å². The molecule has 0 aromatic heterocycles. The number of unbranched alkanes of at least 4 members (excludes halogenated alkanes) is 1. The Labute approximate surface area is 63.5 Å². The van der Waals surface area contributed by atoms with Gasteiger partial charge in [-0.1, -0.05) is 44.6 Å². The Morgan fingerprint density at radius 3 is 2.33 bits per heavy atom. The number of hydrogen-bond acceptors (Lipinski definition) is 0. The van der Waals surface area contributed by atoms with Crippen LogP contribution in [0.25, 0.3) is 0 Å². The summed E-state index contributed by atoms with van der Waals surface area (Å²) >= 11 is 0. The lowest BCUT2D eigenvalue weighted by Crippen LogP contribution is -1.97. The molecule has 0 fully saturated rings. The maximum atomic E-state index is 2.40. The Morgan fingerprint density at radius 2 is 1.89 bits per heavy atom. The van der Waals surface area contributed by atoms with Gasteiger partial charge in [-0.2, -0.15) is 0 Å². The summed E-state index contributed by atoms with van der Waals surface area (Å²) < 4.78 is 0. The molecule has 53 valence electrons. The lowest BCUT2D eigenvalue weighted by molar-refractivity contribution is 0.870. The van der Waals surface area contributed by atoms with Crippen molar-refractivity contribution in [3.05, 3.63) is 0 Å². The molecule has 3 radical (unpaired) electrons. The highest BCUT2D eigenvalue weighted by atomic mass is 28.3. The Hall–Kier alpha value is 0.434. The van der Waals surface area contributed by atoms with Crippen LogP contribution in [-0.4, -0.2) is 18.3 Å². The molecule has 0 aromatic carbocycles. The lowest BCUT2D eigenvalue weighted by atomic mass is 10.4. The fourth-order valence-corrected chi connectivity index (χ4v) is 2.34. The summed E-state index contributed by atoms with van der Waals surface area (Å²) in [5, 5.41) is 0. The van der Waals surface area contributed by atoms with E-state index in [-0.39, 0.29) is 8.80 Å². The van der Waals surface area contributed by atoms with Crippen molar-refractivity contribution in [3.8, 4) is 0 Å². The van der Waals surface area contributed by atoms with E-state index in [4.69, 9.17) is 0 Å². The quantitative estimate of drug-likeness (QED) is 0.425. The fourth-order valence-electron chi connectivity index (χ4n) is 0.780. The molecule has 0 aliphatic rings.